The van der Waals surface area contributed by atoms with E-state index in [9.17, 15) is 14.4 Å². The lowest BCUT2D eigenvalue weighted by atomic mass is 9.88. The number of benzene rings is 1. The van der Waals surface area contributed by atoms with E-state index in [4.69, 9.17) is 4.42 Å². The number of aryl methyl sites for hydroxylation is 1. The van der Waals surface area contributed by atoms with Gasteiger partial charge in [0.05, 0.1) is 19.4 Å². The Hall–Kier alpha value is -3.62. The highest BCUT2D eigenvalue weighted by atomic mass is 16.3. The van der Waals surface area contributed by atoms with Crippen LogP contribution in [0.2, 0.25) is 0 Å². The van der Waals surface area contributed by atoms with Gasteiger partial charge in [-0.1, -0.05) is 35.4 Å². The number of furan rings is 1. The second-order valence-electron chi connectivity index (χ2n) is 5.79. The Morgan fingerprint density at radius 2 is 1.88 bits per heavy atom. The van der Waals surface area contributed by atoms with Crippen molar-refractivity contribution >= 4 is 23.4 Å². The largest absolute Gasteiger partial charge is 0.461 e. The predicted molar refractivity (Wildman–Crippen MR) is 87.0 cm³/mol. The molecule has 2 aromatic heterocycles. The van der Waals surface area contributed by atoms with Crippen molar-refractivity contribution in [1.29, 1.82) is 0 Å². The van der Waals surface area contributed by atoms with Crippen LogP contribution in [0.4, 0.5) is 5.95 Å². The highest BCUT2D eigenvalue weighted by Gasteiger charge is 2.54. The summed E-state index contributed by atoms with van der Waals surface area (Å²) in [6.07, 6.45) is 1.34. The van der Waals surface area contributed by atoms with Crippen LogP contribution >= 0.6 is 0 Å². The lowest BCUT2D eigenvalue weighted by Crippen LogP contribution is -2.31. The second-order valence-corrected chi connectivity index (χ2v) is 5.79. The van der Waals surface area contributed by atoms with Crippen LogP contribution in [0.15, 0.2) is 53.1 Å². The molecule has 4 rings (SSSR count). The maximum Gasteiger partial charge on any atom is 0.298 e. The van der Waals surface area contributed by atoms with Gasteiger partial charge in [-0.05, 0) is 22.9 Å². The van der Waals surface area contributed by atoms with Crippen LogP contribution in [0, 0.1) is 5.92 Å². The summed E-state index contributed by atoms with van der Waals surface area (Å²) < 4.78 is 5.14. The standard InChI is InChI=1S/C17H13N5O4/c1-21-19-17(18-20-21)22-13(10-6-3-2-4-7-10)12(15(24)16(22)25)14(23)11-8-5-9-26-11/h2-9,12-13H,1H3. The van der Waals surface area contributed by atoms with Gasteiger partial charge in [0.1, 0.15) is 5.92 Å². The van der Waals surface area contributed by atoms with Gasteiger partial charge in [0, 0.05) is 0 Å². The Morgan fingerprint density at radius 3 is 2.50 bits per heavy atom. The van der Waals surface area contributed by atoms with Crippen LogP contribution in [0.3, 0.4) is 0 Å². The molecule has 2 unspecified atom stereocenters. The van der Waals surface area contributed by atoms with Crippen LogP contribution in [0.25, 0.3) is 0 Å². The summed E-state index contributed by atoms with van der Waals surface area (Å²) in [6.45, 7) is 0. The van der Waals surface area contributed by atoms with E-state index in [1.54, 1.807) is 43.4 Å². The summed E-state index contributed by atoms with van der Waals surface area (Å²) >= 11 is 0. The molecule has 1 amide bonds. The minimum atomic E-state index is -1.25. The van der Waals surface area contributed by atoms with Gasteiger partial charge in [-0.2, -0.15) is 4.80 Å². The first kappa shape index (κ1) is 15.9. The maximum atomic E-state index is 12.9. The van der Waals surface area contributed by atoms with Gasteiger partial charge in [-0.15, -0.1) is 5.10 Å². The van der Waals surface area contributed by atoms with Crippen molar-refractivity contribution in [2.45, 2.75) is 6.04 Å². The fourth-order valence-electron chi connectivity index (χ4n) is 3.08. The van der Waals surface area contributed by atoms with Crippen molar-refractivity contribution < 1.29 is 18.8 Å². The molecule has 2 atom stereocenters. The number of rotatable bonds is 4. The molecule has 0 N–H and O–H groups in total. The number of aromatic nitrogens is 4. The van der Waals surface area contributed by atoms with E-state index >= 15 is 0 Å². The third-order valence-electron chi connectivity index (χ3n) is 4.21. The molecule has 1 aromatic carbocycles. The van der Waals surface area contributed by atoms with E-state index in [2.05, 4.69) is 15.4 Å². The molecule has 130 valence electrons. The average molecular weight is 351 g/mol. The molecular weight excluding hydrogens is 338 g/mol. The van der Waals surface area contributed by atoms with E-state index in [1.807, 2.05) is 0 Å². The van der Waals surface area contributed by atoms with E-state index in [0.717, 1.165) is 4.90 Å². The summed E-state index contributed by atoms with van der Waals surface area (Å²) in [5.74, 6) is -3.50. The number of tetrazole rings is 1. The summed E-state index contributed by atoms with van der Waals surface area (Å²) in [7, 11) is 1.54. The van der Waals surface area contributed by atoms with Crippen LogP contribution in [0.5, 0.6) is 0 Å². The van der Waals surface area contributed by atoms with Gasteiger partial charge in [-0.25, -0.2) is 0 Å². The molecular formula is C17H13N5O4. The topological polar surface area (TPSA) is 111 Å². The zero-order valence-electron chi connectivity index (χ0n) is 13.6. The van der Waals surface area contributed by atoms with Crippen molar-refractivity contribution in [1.82, 2.24) is 20.2 Å². The minimum absolute atomic E-state index is 0.0195. The number of carbonyl (C=O) groups is 3. The quantitative estimate of drug-likeness (QED) is 0.391. The molecule has 3 aromatic rings. The molecule has 9 heteroatoms. The number of hydrogen-bond acceptors (Lipinski definition) is 7. The molecule has 1 saturated heterocycles. The number of amides is 1. The molecule has 3 heterocycles. The summed E-state index contributed by atoms with van der Waals surface area (Å²) in [6, 6.07) is 10.9. The van der Waals surface area contributed by atoms with Gasteiger partial charge >= 0.3 is 0 Å². The normalized spacial score (nSPS) is 20.0. The van der Waals surface area contributed by atoms with Crippen molar-refractivity contribution in [3.05, 3.63) is 60.1 Å². The molecule has 1 aliphatic rings. The highest BCUT2D eigenvalue weighted by Crippen LogP contribution is 2.39. The number of anilines is 1. The SMILES string of the molecule is Cn1nnc(N2C(=O)C(=O)C(C(=O)c3ccco3)C2c2ccccc2)n1. The first-order chi connectivity index (χ1) is 12.6. The Morgan fingerprint density at radius 1 is 1.12 bits per heavy atom. The van der Waals surface area contributed by atoms with Crippen molar-refractivity contribution in [2.75, 3.05) is 4.90 Å². The molecule has 0 saturated carbocycles. The third-order valence-corrected chi connectivity index (χ3v) is 4.21. The molecule has 9 nitrogen and oxygen atoms in total. The van der Waals surface area contributed by atoms with E-state index in [1.165, 1.54) is 17.1 Å². The Kier molecular flexibility index (Phi) is 3.68. The number of nitrogens with zero attached hydrogens (tertiary/aromatic N) is 5. The number of carbonyl (C=O) groups excluding carboxylic acids is 3. The van der Waals surface area contributed by atoms with Gasteiger partial charge in [0.15, 0.2) is 5.76 Å². The van der Waals surface area contributed by atoms with E-state index in [-0.39, 0.29) is 11.7 Å². The Labute approximate surface area is 147 Å². The summed E-state index contributed by atoms with van der Waals surface area (Å²) in [5, 5.41) is 11.6. The lowest BCUT2D eigenvalue weighted by Gasteiger charge is -2.23. The van der Waals surface area contributed by atoms with Crippen molar-refractivity contribution in [3.63, 3.8) is 0 Å². The molecule has 0 radical (unpaired) electrons. The lowest BCUT2D eigenvalue weighted by molar-refractivity contribution is -0.135. The summed E-state index contributed by atoms with van der Waals surface area (Å²) in [4.78, 5) is 40.5. The number of Topliss-reactive ketones (excluding diaryl/α,β-unsaturated/α-hetero) is 2. The van der Waals surface area contributed by atoms with Crippen molar-refractivity contribution in [3.8, 4) is 0 Å². The third kappa shape index (κ3) is 2.41. The molecule has 26 heavy (non-hydrogen) atoms. The highest BCUT2D eigenvalue weighted by molar-refractivity contribution is 6.48. The molecule has 1 fully saturated rings. The Bertz CT molecular complexity index is 980. The Balaban J connectivity index is 1.85. The second kappa shape index (κ2) is 6.03. The monoisotopic (exact) mass is 351 g/mol. The summed E-state index contributed by atoms with van der Waals surface area (Å²) in [5.41, 5.74) is 0.615. The minimum Gasteiger partial charge on any atom is -0.461 e. The fourth-order valence-corrected chi connectivity index (χ4v) is 3.08. The van der Waals surface area contributed by atoms with E-state index < -0.39 is 29.4 Å². The van der Waals surface area contributed by atoms with Gasteiger partial charge in [-0.3, -0.25) is 19.3 Å². The zero-order valence-corrected chi connectivity index (χ0v) is 13.6. The molecule has 0 aliphatic carbocycles. The number of hydrogen-bond donors (Lipinski definition) is 0. The smallest absolute Gasteiger partial charge is 0.298 e. The molecule has 0 spiro atoms. The van der Waals surface area contributed by atoms with Gasteiger partial charge < -0.3 is 4.42 Å². The maximum absolute atomic E-state index is 12.9. The van der Waals surface area contributed by atoms with Crippen LogP contribution in [-0.2, 0) is 16.6 Å². The molecule has 0 bridgehead atoms. The number of ketones is 2. The van der Waals surface area contributed by atoms with Gasteiger partial charge in [0.25, 0.3) is 11.9 Å². The zero-order chi connectivity index (χ0) is 18.3. The van der Waals surface area contributed by atoms with Crippen LogP contribution in [0.1, 0.15) is 22.2 Å². The first-order valence-electron chi connectivity index (χ1n) is 7.82. The van der Waals surface area contributed by atoms with Crippen molar-refractivity contribution in [2.24, 2.45) is 13.0 Å². The van der Waals surface area contributed by atoms with Crippen LogP contribution in [-0.4, -0.2) is 37.7 Å². The average Bonchev–Trinajstić information content (AvgIpc) is 3.37. The predicted octanol–water partition coefficient (Wildman–Crippen LogP) is 0.959. The van der Waals surface area contributed by atoms with Gasteiger partial charge in [0.2, 0.25) is 11.6 Å². The van der Waals surface area contributed by atoms with Crippen LogP contribution < -0.4 is 4.90 Å². The molecule has 1 aliphatic heterocycles. The van der Waals surface area contributed by atoms with E-state index in [0.29, 0.717) is 5.56 Å². The first-order valence-corrected chi connectivity index (χ1v) is 7.82. The fraction of sp³-hybridized carbons (Fsp3) is 0.176.